The van der Waals surface area contributed by atoms with Crippen molar-refractivity contribution in [3.05, 3.63) is 30.1 Å². The Morgan fingerprint density at radius 2 is 2.45 bits per heavy atom. The summed E-state index contributed by atoms with van der Waals surface area (Å²) in [7, 11) is 0. The van der Waals surface area contributed by atoms with Crippen LogP contribution in [0.1, 0.15) is 36.7 Å². The van der Waals surface area contributed by atoms with Gasteiger partial charge in [0.1, 0.15) is 11.3 Å². The SMILES string of the molecule is CCC1(O)CCCN(C(=O)c2cc3cccnc3[nH]2)C1. The highest BCUT2D eigenvalue weighted by atomic mass is 16.3. The van der Waals surface area contributed by atoms with Crippen LogP contribution in [0.15, 0.2) is 24.4 Å². The van der Waals surface area contributed by atoms with Gasteiger partial charge >= 0.3 is 0 Å². The molecule has 2 N–H and O–H groups in total. The lowest BCUT2D eigenvalue weighted by Crippen LogP contribution is -2.50. The van der Waals surface area contributed by atoms with E-state index in [1.165, 1.54) is 0 Å². The second-order valence-electron chi connectivity index (χ2n) is 5.53. The number of aromatic amines is 1. The third-order valence-electron chi connectivity index (χ3n) is 4.12. The molecule has 0 aliphatic carbocycles. The molecule has 3 heterocycles. The van der Waals surface area contributed by atoms with Gasteiger partial charge < -0.3 is 15.0 Å². The van der Waals surface area contributed by atoms with Crippen LogP contribution in [0.4, 0.5) is 0 Å². The molecule has 0 saturated carbocycles. The quantitative estimate of drug-likeness (QED) is 0.878. The fraction of sp³-hybridized carbons (Fsp3) is 0.467. The van der Waals surface area contributed by atoms with E-state index in [4.69, 9.17) is 0 Å². The summed E-state index contributed by atoms with van der Waals surface area (Å²) in [5.74, 6) is -0.0606. The van der Waals surface area contributed by atoms with Crippen molar-refractivity contribution < 1.29 is 9.90 Å². The van der Waals surface area contributed by atoms with Crippen LogP contribution in [-0.2, 0) is 0 Å². The van der Waals surface area contributed by atoms with Crippen LogP contribution in [0.3, 0.4) is 0 Å². The Bertz CT molecular complexity index is 604. The number of H-pyrrole nitrogens is 1. The first-order valence-electron chi connectivity index (χ1n) is 7.07. The van der Waals surface area contributed by atoms with Gasteiger partial charge in [-0.15, -0.1) is 0 Å². The minimum Gasteiger partial charge on any atom is -0.388 e. The third-order valence-corrected chi connectivity index (χ3v) is 4.12. The third kappa shape index (κ3) is 2.29. The van der Waals surface area contributed by atoms with Crippen molar-refractivity contribution in [2.45, 2.75) is 31.8 Å². The Labute approximate surface area is 117 Å². The molecule has 5 heteroatoms. The molecule has 3 rings (SSSR count). The second kappa shape index (κ2) is 4.90. The van der Waals surface area contributed by atoms with E-state index in [-0.39, 0.29) is 5.91 Å². The molecule has 1 amide bonds. The molecule has 0 radical (unpaired) electrons. The van der Waals surface area contributed by atoms with Crippen LogP contribution in [0.25, 0.3) is 11.0 Å². The lowest BCUT2D eigenvalue weighted by molar-refractivity contribution is -0.0271. The summed E-state index contributed by atoms with van der Waals surface area (Å²) in [5.41, 5.74) is 0.524. The molecule has 106 valence electrons. The average molecular weight is 273 g/mol. The molecule has 1 saturated heterocycles. The number of hydrogen-bond donors (Lipinski definition) is 2. The van der Waals surface area contributed by atoms with E-state index in [0.29, 0.717) is 25.2 Å². The van der Waals surface area contributed by atoms with Gasteiger partial charge in [0.15, 0.2) is 0 Å². The lowest BCUT2D eigenvalue weighted by Gasteiger charge is -2.38. The number of amides is 1. The summed E-state index contributed by atoms with van der Waals surface area (Å²) in [6.45, 7) is 3.07. The minimum absolute atomic E-state index is 0.0606. The minimum atomic E-state index is -0.738. The Morgan fingerprint density at radius 1 is 1.60 bits per heavy atom. The van der Waals surface area contributed by atoms with Crippen LogP contribution in [0.2, 0.25) is 0 Å². The Morgan fingerprint density at radius 3 is 3.20 bits per heavy atom. The normalized spacial score (nSPS) is 23.2. The van der Waals surface area contributed by atoms with Crippen molar-refractivity contribution in [3.63, 3.8) is 0 Å². The number of hydrogen-bond acceptors (Lipinski definition) is 3. The number of nitrogens with one attached hydrogen (secondary N) is 1. The number of piperidine rings is 1. The van der Waals surface area contributed by atoms with Crippen LogP contribution in [0, 0.1) is 0 Å². The zero-order valence-electron chi connectivity index (χ0n) is 11.6. The van der Waals surface area contributed by atoms with Crippen LogP contribution >= 0.6 is 0 Å². The predicted octanol–water partition coefficient (Wildman–Crippen LogP) is 1.94. The van der Waals surface area contributed by atoms with Crippen molar-refractivity contribution in [2.24, 2.45) is 0 Å². The van der Waals surface area contributed by atoms with Gasteiger partial charge in [-0.3, -0.25) is 4.79 Å². The molecule has 1 aliphatic rings. The van der Waals surface area contributed by atoms with Gasteiger partial charge in [-0.05, 0) is 37.5 Å². The van der Waals surface area contributed by atoms with Crippen molar-refractivity contribution in [3.8, 4) is 0 Å². The van der Waals surface area contributed by atoms with Crippen molar-refractivity contribution >= 4 is 16.9 Å². The van der Waals surface area contributed by atoms with Gasteiger partial charge in [-0.25, -0.2) is 4.98 Å². The number of likely N-dealkylation sites (tertiary alicyclic amines) is 1. The molecule has 20 heavy (non-hydrogen) atoms. The summed E-state index contributed by atoms with van der Waals surface area (Å²) in [4.78, 5) is 21.5. The van der Waals surface area contributed by atoms with E-state index in [1.54, 1.807) is 11.1 Å². The van der Waals surface area contributed by atoms with Crippen molar-refractivity contribution in [2.75, 3.05) is 13.1 Å². The number of fused-ring (bicyclic) bond motifs is 1. The lowest BCUT2D eigenvalue weighted by atomic mass is 9.90. The van der Waals surface area contributed by atoms with E-state index in [2.05, 4.69) is 9.97 Å². The number of carbonyl (C=O) groups excluding carboxylic acids is 1. The molecule has 1 atom stereocenters. The molecular weight excluding hydrogens is 254 g/mol. The number of pyridine rings is 1. The molecule has 0 bridgehead atoms. The first kappa shape index (κ1) is 13.1. The van der Waals surface area contributed by atoms with E-state index in [1.807, 2.05) is 25.1 Å². The maximum Gasteiger partial charge on any atom is 0.270 e. The molecular formula is C15H19N3O2. The summed E-state index contributed by atoms with van der Waals surface area (Å²) < 4.78 is 0. The fourth-order valence-corrected chi connectivity index (χ4v) is 2.82. The Balaban J connectivity index is 1.84. The zero-order chi connectivity index (χ0) is 14.2. The smallest absolute Gasteiger partial charge is 0.270 e. The van der Waals surface area contributed by atoms with E-state index >= 15 is 0 Å². The molecule has 1 unspecified atom stereocenters. The van der Waals surface area contributed by atoms with E-state index in [0.717, 1.165) is 23.9 Å². The standard InChI is InChI=1S/C15H19N3O2/c1-2-15(20)6-4-8-18(10-15)14(19)12-9-11-5-3-7-16-13(11)17-12/h3,5,7,9,20H,2,4,6,8,10H2,1H3,(H,16,17). The van der Waals surface area contributed by atoms with Gasteiger partial charge in [0.05, 0.1) is 5.60 Å². The maximum atomic E-state index is 12.5. The first-order chi connectivity index (χ1) is 9.61. The van der Waals surface area contributed by atoms with Gasteiger partial charge in [0.25, 0.3) is 5.91 Å². The fourth-order valence-electron chi connectivity index (χ4n) is 2.82. The highest BCUT2D eigenvalue weighted by Gasteiger charge is 2.34. The summed E-state index contributed by atoms with van der Waals surface area (Å²) >= 11 is 0. The molecule has 5 nitrogen and oxygen atoms in total. The molecule has 2 aromatic rings. The topological polar surface area (TPSA) is 69.2 Å². The maximum absolute atomic E-state index is 12.5. The summed E-state index contributed by atoms with van der Waals surface area (Å²) in [6, 6.07) is 5.60. The van der Waals surface area contributed by atoms with Gasteiger partial charge in [-0.1, -0.05) is 6.92 Å². The number of β-amino-alcohol motifs (C(OH)–C–C–N with tert-alkyl or cyclic N) is 1. The molecule has 0 spiro atoms. The molecule has 2 aromatic heterocycles. The molecule has 0 aromatic carbocycles. The average Bonchev–Trinajstić information content (AvgIpc) is 2.90. The largest absolute Gasteiger partial charge is 0.388 e. The predicted molar refractivity (Wildman–Crippen MR) is 76.5 cm³/mol. The monoisotopic (exact) mass is 273 g/mol. The van der Waals surface area contributed by atoms with E-state index in [9.17, 15) is 9.90 Å². The van der Waals surface area contributed by atoms with Crippen LogP contribution in [0.5, 0.6) is 0 Å². The molecule has 1 aliphatic heterocycles. The second-order valence-corrected chi connectivity index (χ2v) is 5.53. The highest BCUT2D eigenvalue weighted by Crippen LogP contribution is 2.25. The van der Waals surface area contributed by atoms with Crippen LogP contribution in [-0.4, -0.2) is 44.6 Å². The molecule has 1 fully saturated rings. The summed E-state index contributed by atoms with van der Waals surface area (Å²) in [6.07, 6.45) is 3.98. The van der Waals surface area contributed by atoms with Gasteiger partial charge in [-0.2, -0.15) is 0 Å². The van der Waals surface area contributed by atoms with Crippen LogP contribution < -0.4 is 0 Å². The number of aliphatic hydroxyl groups is 1. The zero-order valence-corrected chi connectivity index (χ0v) is 11.6. The van der Waals surface area contributed by atoms with Gasteiger partial charge in [0, 0.05) is 24.7 Å². The van der Waals surface area contributed by atoms with Crippen molar-refractivity contribution in [1.82, 2.24) is 14.9 Å². The number of aromatic nitrogens is 2. The van der Waals surface area contributed by atoms with Crippen molar-refractivity contribution in [1.29, 1.82) is 0 Å². The number of carbonyl (C=O) groups is 1. The van der Waals surface area contributed by atoms with E-state index < -0.39 is 5.60 Å². The highest BCUT2D eigenvalue weighted by molar-refractivity contribution is 5.97. The number of nitrogens with zero attached hydrogens (tertiary/aromatic N) is 2. The Hall–Kier alpha value is -1.88. The summed E-state index contributed by atoms with van der Waals surface area (Å²) in [5, 5.41) is 11.3. The first-order valence-corrected chi connectivity index (χ1v) is 7.07. The number of rotatable bonds is 2. The Kier molecular flexibility index (Phi) is 3.22. The van der Waals surface area contributed by atoms with Gasteiger partial charge in [0.2, 0.25) is 0 Å².